The zero-order valence-electron chi connectivity index (χ0n) is 27.1. The third-order valence-corrected chi connectivity index (χ3v) is 14.6. The molecule has 8 nitrogen and oxygen atoms in total. The molecule has 5 aliphatic rings. The third-order valence-electron chi connectivity index (χ3n) is 13.3. The van der Waals surface area contributed by atoms with Crippen LogP contribution in [0.1, 0.15) is 98.8 Å². The van der Waals surface area contributed by atoms with Gasteiger partial charge in [-0.3, -0.25) is 0 Å². The average Bonchev–Trinajstić information content (AvgIpc) is 3.58. The van der Waals surface area contributed by atoms with Crippen LogP contribution >= 0.6 is 0 Å². The van der Waals surface area contributed by atoms with Crippen LogP contribution in [0.25, 0.3) is 0 Å². The van der Waals surface area contributed by atoms with Gasteiger partial charge in [-0.2, -0.15) is 0 Å². The first kappa shape index (κ1) is 32.1. The van der Waals surface area contributed by atoms with Crippen molar-refractivity contribution in [2.45, 2.75) is 122 Å². The smallest absolute Gasteiger partial charge is 0.421 e. The number of sulfonamides is 1. The number of amides is 1. The lowest BCUT2D eigenvalue weighted by molar-refractivity contribution is -0.203. The van der Waals surface area contributed by atoms with E-state index in [0.717, 1.165) is 64.2 Å². The minimum Gasteiger partial charge on any atom is -0.488 e. The quantitative estimate of drug-likeness (QED) is 0.308. The second kappa shape index (κ2) is 11.4. The van der Waals surface area contributed by atoms with E-state index in [1.807, 2.05) is 6.92 Å². The molecule has 11 atom stereocenters. The van der Waals surface area contributed by atoms with E-state index in [2.05, 4.69) is 32.4 Å². The zero-order valence-corrected chi connectivity index (χ0v) is 27.9. The highest BCUT2D eigenvalue weighted by molar-refractivity contribution is 7.90. The Labute approximate surface area is 263 Å². The van der Waals surface area contributed by atoms with Gasteiger partial charge in [0.25, 0.3) is 10.0 Å². The van der Waals surface area contributed by atoms with Crippen LogP contribution in [0.4, 0.5) is 4.79 Å². The number of aliphatic hydroxyl groups excluding tert-OH is 2. The van der Waals surface area contributed by atoms with Gasteiger partial charge in [-0.25, -0.2) is 17.9 Å². The van der Waals surface area contributed by atoms with Crippen molar-refractivity contribution < 1.29 is 32.9 Å². The molecule has 1 amide bonds. The molecule has 0 spiro atoms. The summed E-state index contributed by atoms with van der Waals surface area (Å²) in [6, 6.07) is 6.11. The number of ether oxygens (including phenoxy) is 2. The van der Waals surface area contributed by atoms with Crippen LogP contribution in [0.3, 0.4) is 0 Å². The number of hydrogen-bond donors (Lipinski definition) is 3. The Morgan fingerprint density at radius 2 is 1.61 bits per heavy atom. The van der Waals surface area contributed by atoms with Gasteiger partial charge in [0.15, 0.2) is 0 Å². The number of carbonyl (C=O) groups is 1. The summed E-state index contributed by atoms with van der Waals surface area (Å²) < 4.78 is 39.2. The van der Waals surface area contributed by atoms with Crippen LogP contribution < -0.4 is 9.46 Å². The van der Waals surface area contributed by atoms with Gasteiger partial charge >= 0.3 is 6.09 Å². The van der Waals surface area contributed by atoms with Crippen molar-refractivity contribution in [1.29, 1.82) is 0 Å². The first-order valence-electron chi connectivity index (χ1n) is 17.1. The maximum absolute atomic E-state index is 12.9. The molecule has 5 fully saturated rings. The van der Waals surface area contributed by atoms with Gasteiger partial charge in [0.05, 0.1) is 23.7 Å². The van der Waals surface area contributed by atoms with Crippen molar-refractivity contribution in [2.24, 2.45) is 52.3 Å². The highest BCUT2D eigenvalue weighted by atomic mass is 32.2. The lowest BCUT2D eigenvalue weighted by atomic mass is 9.41. The van der Waals surface area contributed by atoms with Crippen LogP contribution in [0.2, 0.25) is 0 Å². The first-order chi connectivity index (χ1) is 20.7. The molecule has 9 heteroatoms. The van der Waals surface area contributed by atoms with E-state index in [4.69, 9.17) is 9.47 Å². The Morgan fingerprint density at radius 1 is 0.955 bits per heavy atom. The molecular weight excluding hydrogens is 578 g/mol. The van der Waals surface area contributed by atoms with Gasteiger partial charge in [0.1, 0.15) is 11.4 Å². The van der Waals surface area contributed by atoms with Crippen molar-refractivity contribution in [1.82, 2.24) is 4.72 Å². The molecular formula is C35H53NO7S. The van der Waals surface area contributed by atoms with Crippen molar-refractivity contribution in [3.8, 4) is 5.75 Å². The Bertz CT molecular complexity index is 1330. The second-order valence-electron chi connectivity index (χ2n) is 15.8. The van der Waals surface area contributed by atoms with Gasteiger partial charge in [-0.1, -0.05) is 34.1 Å². The molecule has 0 saturated heterocycles. The number of nitrogens with one attached hydrogen (secondary N) is 1. The minimum absolute atomic E-state index is 0.0152. The van der Waals surface area contributed by atoms with E-state index in [1.165, 1.54) is 12.1 Å². The van der Waals surface area contributed by atoms with Gasteiger partial charge in [-0.05, 0) is 141 Å². The number of aliphatic hydroxyl groups is 2. The summed E-state index contributed by atoms with van der Waals surface area (Å²) in [6.45, 7) is 11.3. The van der Waals surface area contributed by atoms with Crippen LogP contribution in [0, 0.1) is 52.3 Å². The Kier molecular flexibility index (Phi) is 8.35. The number of carbonyl (C=O) groups excluding carboxylic acids is 1. The SMILES string of the molecule is CC[C@H]1[C@@H](O)[C@@H]2[C@H](CC[C@]3(C)[C@@H]([C@H](C)COC(=O)NS(=O)(=O)c4ccc(OC5(C)CC5)cc4)CC[C@@H]23)[C@@]2(C)CC[C@@H](O)C[C@@H]12. The topological polar surface area (TPSA) is 122 Å². The van der Waals surface area contributed by atoms with E-state index in [1.54, 1.807) is 12.1 Å². The fraction of sp³-hybridized carbons (Fsp3) is 0.800. The third kappa shape index (κ3) is 5.57. The van der Waals surface area contributed by atoms with Gasteiger partial charge in [0, 0.05) is 0 Å². The summed E-state index contributed by atoms with van der Waals surface area (Å²) in [5, 5.41) is 22.5. The number of rotatable bonds is 8. The molecule has 1 aromatic carbocycles. The number of hydrogen-bond acceptors (Lipinski definition) is 7. The molecule has 0 aromatic heterocycles. The number of fused-ring (bicyclic) bond motifs is 5. The maximum atomic E-state index is 12.9. The Hall–Kier alpha value is -1.84. The summed E-state index contributed by atoms with van der Waals surface area (Å²) in [4.78, 5) is 12.7. The Balaban J connectivity index is 1.08. The molecule has 0 heterocycles. The van der Waals surface area contributed by atoms with Gasteiger partial charge in [-0.15, -0.1) is 0 Å². The molecule has 3 N–H and O–H groups in total. The van der Waals surface area contributed by atoms with Crippen molar-refractivity contribution in [3.63, 3.8) is 0 Å². The van der Waals surface area contributed by atoms with E-state index < -0.39 is 16.1 Å². The van der Waals surface area contributed by atoms with E-state index >= 15 is 0 Å². The van der Waals surface area contributed by atoms with E-state index in [-0.39, 0.29) is 57.9 Å². The van der Waals surface area contributed by atoms with Crippen molar-refractivity contribution >= 4 is 16.1 Å². The van der Waals surface area contributed by atoms with E-state index in [0.29, 0.717) is 29.4 Å². The van der Waals surface area contributed by atoms with Crippen molar-refractivity contribution in [3.05, 3.63) is 24.3 Å². The molecule has 0 aliphatic heterocycles. The predicted octanol–water partition coefficient (Wildman–Crippen LogP) is 6.30. The predicted molar refractivity (Wildman–Crippen MR) is 167 cm³/mol. The number of benzene rings is 1. The fourth-order valence-corrected chi connectivity index (χ4v) is 11.6. The van der Waals surface area contributed by atoms with Crippen LogP contribution in [-0.2, 0) is 14.8 Å². The minimum atomic E-state index is -4.07. The van der Waals surface area contributed by atoms with E-state index in [9.17, 15) is 23.4 Å². The summed E-state index contributed by atoms with van der Waals surface area (Å²) in [6.07, 6.45) is 8.29. The molecule has 0 unspecified atom stereocenters. The summed E-state index contributed by atoms with van der Waals surface area (Å²) >= 11 is 0. The van der Waals surface area contributed by atoms with Crippen LogP contribution in [-0.4, -0.2) is 49.1 Å². The highest BCUT2D eigenvalue weighted by Gasteiger charge is 2.65. The molecule has 1 aromatic rings. The summed E-state index contributed by atoms with van der Waals surface area (Å²) in [5.41, 5.74) is 0.0267. The summed E-state index contributed by atoms with van der Waals surface area (Å²) in [5.74, 6) is 2.71. The monoisotopic (exact) mass is 631 g/mol. The maximum Gasteiger partial charge on any atom is 0.421 e. The molecule has 0 bridgehead atoms. The molecule has 246 valence electrons. The first-order valence-corrected chi connectivity index (χ1v) is 18.5. The highest BCUT2D eigenvalue weighted by Crippen LogP contribution is 2.69. The zero-order chi connectivity index (χ0) is 31.7. The standard InChI is InChI=1S/C35H53NO7S/c1-6-25-29-19-22(37)13-15-35(29,5)28-14-16-34(4)26(11-12-27(34)30(28)31(25)38)21(2)20-42-32(39)36-44(40,41)24-9-7-23(8-10-24)43-33(3)17-18-33/h7-10,21-22,25-31,37-38H,6,11-20H2,1-5H3,(H,36,39)/t21-,22-,25-,26-,27+,28+,29+,30+,31-,34-,35-/m1/s1. The second-order valence-corrected chi connectivity index (χ2v) is 17.5. The van der Waals surface area contributed by atoms with Crippen LogP contribution in [0.5, 0.6) is 5.75 Å². The molecule has 5 saturated carbocycles. The molecule has 6 rings (SSSR count). The fourth-order valence-electron chi connectivity index (χ4n) is 10.7. The summed E-state index contributed by atoms with van der Waals surface area (Å²) in [7, 11) is -4.07. The largest absolute Gasteiger partial charge is 0.488 e. The lowest BCUT2D eigenvalue weighted by Crippen LogP contribution is -2.62. The van der Waals surface area contributed by atoms with Crippen molar-refractivity contribution in [2.75, 3.05) is 6.61 Å². The Morgan fingerprint density at radius 3 is 2.27 bits per heavy atom. The lowest BCUT2D eigenvalue weighted by Gasteiger charge is -2.64. The normalized spacial score (nSPS) is 41.4. The van der Waals surface area contributed by atoms with Crippen LogP contribution in [0.15, 0.2) is 29.2 Å². The van der Waals surface area contributed by atoms with Gasteiger partial charge in [0.2, 0.25) is 0 Å². The average molecular weight is 632 g/mol. The molecule has 5 aliphatic carbocycles. The molecule has 44 heavy (non-hydrogen) atoms. The van der Waals surface area contributed by atoms with Gasteiger partial charge < -0.3 is 19.7 Å². The molecule has 0 radical (unpaired) electrons.